The highest BCUT2D eigenvalue weighted by molar-refractivity contribution is 6.31. The predicted octanol–water partition coefficient (Wildman–Crippen LogP) is 3.86. The maximum atomic E-state index is 12.7. The summed E-state index contributed by atoms with van der Waals surface area (Å²) in [5.41, 5.74) is 4.00. The first-order valence-corrected chi connectivity index (χ1v) is 8.37. The molecule has 1 aliphatic carbocycles. The molecule has 4 nitrogen and oxygen atoms in total. The molecule has 4 rings (SSSR count). The predicted molar refractivity (Wildman–Crippen MR) is 104 cm³/mol. The van der Waals surface area contributed by atoms with Crippen molar-refractivity contribution in [1.29, 1.82) is 0 Å². The van der Waals surface area contributed by atoms with Crippen molar-refractivity contribution in [2.45, 2.75) is 18.5 Å². The summed E-state index contributed by atoms with van der Waals surface area (Å²) < 4.78 is 0. The van der Waals surface area contributed by atoms with Crippen LogP contribution in [0.1, 0.15) is 27.7 Å². The Morgan fingerprint density at radius 2 is 2.00 bits per heavy atom. The van der Waals surface area contributed by atoms with Crippen LogP contribution in [0.4, 0.5) is 0 Å². The molecule has 3 N–H and O–H groups in total. The van der Waals surface area contributed by atoms with Crippen molar-refractivity contribution in [3.8, 4) is 0 Å². The van der Waals surface area contributed by atoms with E-state index in [0.717, 1.165) is 17.3 Å². The SMILES string of the molecule is CN[C@@H]1c2ccccc2CC1NC(=O)c1cc2cc(Cl)ccc2[nH]1.Cl. The molecule has 3 aromatic rings. The number of H-pyrrole nitrogens is 1. The Balaban J connectivity index is 0.00000182. The topological polar surface area (TPSA) is 56.9 Å². The van der Waals surface area contributed by atoms with Gasteiger partial charge >= 0.3 is 0 Å². The summed E-state index contributed by atoms with van der Waals surface area (Å²) in [4.78, 5) is 15.8. The average Bonchev–Trinajstić information content (AvgIpc) is 3.14. The minimum atomic E-state index is -0.0969. The normalized spacial score (nSPS) is 18.6. The minimum Gasteiger partial charge on any atom is -0.351 e. The number of hydrogen-bond donors (Lipinski definition) is 3. The van der Waals surface area contributed by atoms with E-state index in [1.807, 2.05) is 43.4 Å². The van der Waals surface area contributed by atoms with Crippen LogP contribution in [0.15, 0.2) is 48.5 Å². The molecule has 0 aliphatic heterocycles. The van der Waals surface area contributed by atoms with Crippen LogP contribution in [0.25, 0.3) is 10.9 Å². The van der Waals surface area contributed by atoms with Crippen molar-refractivity contribution >= 4 is 40.8 Å². The van der Waals surface area contributed by atoms with E-state index in [1.54, 1.807) is 0 Å². The largest absolute Gasteiger partial charge is 0.351 e. The molecular weight excluding hydrogens is 357 g/mol. The van der Waals surface area contributed by atoms with Crippen LogP contribution >= 0.6 is 24.0 Å². The van der Waals surface area contributed by atoms with Crippen LogP contribution in [0.3, 0.4) is 0 Å². The third-order valence-electron chi connectivity index (χ3n) is 4.69. The van der Waals surface area contributed by atoms with E-state index in [2.05, 4.69) is 27.8 Å². The molecule has 0 radical (unpaired) electrons. The Morgan fingerprint density at radius 1 is 1.20 bits per heavy atom. The molecule has 2 atom stereocenters. The summed E-state index contributed by atoms with van der Waals surface area (Å²) in [6, 6.07) is 15.9. The second-order valence-electron chi connectivity index (χ2n) is 6.16. The van der Waals surface area contributed by atoms with Gasteiger partial charge in [-0.2, -0.15) is 0 Å². The van der Waals surface area contributed by atoms with Crippen molar-refractivity contribution in [3.63, 3.8) is 0 Å². The molecule has 2 aromatic carbocycles. The van der Waals surface area contributed by atoms with Crippen molar-refractivity contribution in [2.75, 3.05) is 7.05 Å². The second-order valence-corrected chi connectivity index (χ2v) is 6.60. The van der Waals surface area contributed by atoms with Gasteiger partial charge in [0, 0.05) is 15.9 Å². The zero-order chi connectivity index (χ0) is 16.7. The van der Waals surface area contributed by atoms with E-state index in [1.165, 1.54) is 11.1 Å². The number of carbonyl (C=O) groups excluding carboxylic acids is 1. The lowest BCUT2D eigenvalue weighted by atomic mass is 10.1. The van der Waals surface area contributed by atoms with Crippen LogP contribution in [-0.2, 0) is 6.42 Å². The fourth-order valence-electron chi connectivity index (χ4n) is 3.56. The minimum absolute atomic E-state index is 0. The van der Waals surface area contributed by atoms with E-state index in [4.69, 9.17) is 11.6 Å². The zero-order valence-electron chi connectivity index (χ0n) is 13.7. The lowest BCUT2D eigenvalue weighted by Gasteiger charge is -2.21. The van der Waals surface area contributed by atoms with Crippen LogP contribution < -0.4 is 10.6 Å². The Labute approximate surface area is 157 Å². The van der Waals surface area contributed by atoms with Gasteiger partial charge in [0.1, 0.15) is 5.69 Å². The van der Waals surface area contributed by atoms with Gasteiger partial charge < -0.3 is 15.6 Å². The number of nitrogens with one attached hydrogen (secondary N) is 3. The van der Waals surface area contributed by atoms with Crippen molar-refractivity contribution in [2.24, 2.45) is 0 Å². The first-order chi connectivity index (χ1) is 11.7. The monoisotopic (exact) mass is 375 g/mol. The number of fused-ring (bicyclic) bond motifs is 2. The Kier molecular flexibility index (Phi) is 5.04. The molecule has 0 saturated heterocycles. The smallest absolute Gasteiger partial charge is 0.268 e. The van der Waals surface area contributed by atoms with Crippen molar-refractivity contribution in [3.05, 3.63) is 70.4 Å². The number of hydrogen-bond acceptors (Lipinski definition) is 2. The summed E-state index contributed by atoms with van der Waals surface area (Å²) >= 11 is 6.01. The maximum absolute atomic E-state index is 12.7. The molecule has 0 bridgehead atoms. The summed E-state index contributed by atoms with van der Waals surface area (Å²) in [6.07, 6.45) is 0.833. The van der Waals surface area contributed by atoms with E-state index in [-0.39, 0.29) is 30.4 Å². The van der Waals surface area contributed by atoms with Gasteiger partial charge in [0.2, 0.25) is 0 Å². The summed E-state index contributed by atoms with van der Waals surface area (Å²) in [7, 11) is 1.93. The molecule has 1 heterocycles. The first-order valence-electron chi connectivity index (χ1n) is 8.00. The maximum Gasteiger partial charge on any atom is 0.268 e. The van der Waals surface area contributed by atoms with E-state index >= 15 is 0 Å². The number of benzene rings is 2. The standard InChI is InChI=1S/C19H18ClN3O.ClH/c1-21-18-14-5-3-2-4-11(14)9-16(18)23-19(24)17-10-12-8-13(20)6-7-15(12)22-17;/h2-8,10,16,18,21-22H,9H2,1H3,(H,23,24);1H/t16?,18-;/m1./s1. The van der Waals surface area contributed by atoms with Crippen LogP contribution in [-0.4, -0.2) is 24.0 Å². The molecule has 0 saturated carbocycles. The number of aromatic amines is 1. The second kappa shape index (κ2) is 7.08. The van der Waals surface area contributed by atoms with Gasteiger partial charge in [-0.3, -0.25) is 4.79 Å². The Morgan fingerprint density at radius 3 is 2.80 bits per heavy atom. The fourth-order valence-corrected chi connectivity index (χ4v) is 3.74. The van der Waals surface area contributed by atoms with Gasteiger partial charge in [-0.25, -0.2) is 0 Å². The lowest BCUT2D eigenvalue weighted by molar-refractivity contribution is 0.0926. The lowest BCUT2D eigenvalue weighted by Crippen LogP contribution is -2.41. The number of aromatic nitrogens is 1. The fraction of sp³-hybridized carbons (Fsp3) is 0.211. The van der Waals surface area contributed by atoms with E-state index in [0.29, 0.717) is 10.7 Å². The molecule has 25 heavy (non-hydrogen) atoms. The molecule has 1 aromatic heterocycles. The molecule has 1 amide bonds. The number of carbonyl (C=O) groups is 1. The first kappa shape index (κ1) is 17.8. The van der Waals surface area contributed by atoms with E-state index in [9.17, 15) is 4.79 Å². The van der Waals surface area contributed by atoms with Crippen molar-refractivity contribution < 1.29 is 4.79 Å². The Hall–Kier alpha value is -2.01. The van der Waals surface area contributed by atoms with Gasteiger partial charge in [-0.1, -0.05) is 35.9 Å². The van der Waals surface area contributed by atoms with Crippen LogP contribution in [0.2, 0.25) is 5.02 Å². The van der Waals surface area contributed by atoms with Gasteiger partial charge in [-0.15, -0.1) is 12.4 Å². The van der Waals surface area contributed by atoms with Gasteiger partial charge in [-0.05, 0) is 48.9 Å². The van der Waals surface area contributed by atoms with Crippen LogP contribution in [0, 0.1) is 0 Å². The van der Waals surface area contributed by atoms with Crippen LogP contribution in [0.5, 0.6) is 0 Å². The highest BCUT2D eigenvalue weighted by Gasteiger charge is 2.32. The van der Waals surface area contributed by atoms with Gasteiger partial charge in [0.15, 0.2) is 0 Å². The molecule has 0 fully saturated rings. The third-order valence-corrected chi connectivity index (χ3v) is 4.92. The number of rotatable bonds is 3. The molecule has 6 heteroatoms. The molecular formula is C19H19Cl2N3O. The highest BCUT2D eigenvalue weighted by Crippen LogP contribution is 2.31. The summed E-state index contributed by atoms with van der Waals surface area (Å²) in [5, 5.41) is 8.07. The molecule has 1 unspecified atom stereocenters. The molecule has 1 aliphatic rings. The number of halogens is 2. The molecule has 0 spiro atoms. The summed E-state index contributed by atoms with van der Waals surface area (Å²) in [5.74, 6) is -0.0969. The number of amides is 1. The molecule has 130 valence electrons. The highest BCUT2D eigenvalue weighted by atomic mass is 35.5. The van der Waals surface area contributed by atoms with Gasteiger partial charge in [0.25, 0.3) is 5.91 Å². The summed E-state index contributed by atoms with van der Waals surface area (Å²) in [6.45, 7) is 0. The zero-order valence-corrected chi connectivity index (χ0v) is 15.2. The quantitative estimate of drug-likeness (QED) is 0.650. The van der Waals surface area contributed by atoms with E-state index < -0.39 is 0 Å². The van der Waals surface area contributed by atoms with Crippen molar-refractivity contribution in [1.82, 2.24) is 15.6 Å². The Bertz CT molecular complexity index is 922. The number of likely N-dealkylation sites (N-methyl/N-ethyl adjacent to an activating group) is 1. The third kappa shape index (κ3) is 3.25. The van der Waals surface area contributed by atoms with Gasteiger partial charge in [0.05, 0.1) is 12.1 Å². The average molecular weight is 376 g/mol.